The lowest BCUT2D eigenvalue weighted by molar-refractivity contribution is -0.134. The molecule has 2 N–H and O–H groups in total. The van der Waals surface area contributed by atoms with Gasteiger partial charge in [0.2, 0.25) is 17.7 Å². The monoisotopic (exact) mass is 598 g/mol. The second-order valence-corrected chi connectivity index (χ2v) is 11.3. The van der Waals surface area contributed by atoms with Crippen LogP contribution in [0.25, 0.3) is 0 Å². The van der Waals surface area contributed by atoms with Gasteiger partial charge in [0, 0.05) is 75.7 Å². The number of allylic oxidation sites excluding steroid dienone is 2. The molecule has 0 aliphatic heterocycles. The van der Waals surface area contributed by atoms with Gasteiger partial charge in [-0.3, -0.25) is 24.0 Å². The molecule has 0 saturated heterocycles. The summed E-state index contributed by atoms with van der Waals surface area (Å²) in [5.41, 5.74) is 3.02. The molecule has 10 nitrogen and oxygen atoms in total. The Bertz CT molecular complexity index is 1130. The summed E-state index contributed by atoms with van der Waals surface area (Å²) in [6, 6.07) is 6.91. The lowest BCUT2D eigenvalue weighted by atomic mass is 9.90. The predicted octanol–water partition coefficient (Wildman–Crippen LogP) is 4.04. The number of carbonyl (C=O) groups is 5. The van der Waals surface area contributed by atoms with Gasteiger partial charge in [-0.05, 0) is 76.1 Å². The molecule has 43 heavy (non-hydrogen) atoms. The van der Waals surface area contributed by atoms with E-state index >= 15 is 0 Å². The summed E-state index contributed by atoms with van der Waals surface area (Å²) in [5, 5.41) is 6.04. The number of ketones is 2. The van der Waals surface area contributed by atoms with Crippen molar-refractivity contribution in [3.05, 3.63) is 41.1 Å². The van der Waals surface area contributed by atoms with Crippen LogP contribution in [0.4, 0.5) is 5.69 Å². The smallest absolute Gasteiger partial charge is 0.236 e. The fourth-order valence-corrected chi connectivity index (χ4v) is 4.83. The third-order valence-corrected chi connectivity index (χ3v) is 8.01. The van der Waals surface area contributed by atoms with Gasteiger partial charge < -0.3 is 25.2 Å². The van der Waals surface area contributed by atoms with Gasteiger partial charge in [-0.15, -0.1) is 0 Å². The van der Waals surface area contributed by atoms with Crippen molar-refractivity contribution in [2.24, 2.45) is 5.92 Å². The maximum atomic E-state index is 13.0. The Hall–Kier alpha value is -3.53. The summed E-state index contributed by atoms with van der Waals surface area (Å²) in [7, 11) is 5.09. The molecule has 1 aromatic rings. The summed E-state index contributed by atoms with van der Waals surface area (Å²) in [4.78, 5) is 64.4. The molecule has 1 unspecified atom stereocenters. The van der Waals surface area contributed by atoms with Crippen molar-refractivity contribution in [3.63, 3.8) is 0 Å². The molecule has 238 valence electrons. The minimum absolute atomic E-state index is 0.00946. The molecule has 10 heteroatoms. The van der Waals surface area contributed by atoms with Gasteiger partial charge in [0.1, 0.15) is 12.2 Å². The van der Waals surface area contributed by atoms with Gasteiger partial charge >= 0.3 is 0 Å². The highest BCUT2D eigenvalue weighted by molar-refractivity contribution is 6.10. The molecular weight excluding hydrogens is 548 g/mol. The standard InChI is InChI=1S/C33H50N4O6/c1-24(25(2)38)11-8-9-19-35-30(39)14-10-21-43-22-20-36(4)31(40)23-32(41)37(5)27-17-15-26(16-18-27)33(42)28-12-6-7-13-29(28)34-3/h15-18,24,34H,6-14,19-23H2,1-5H3,(H,35,39). The molecule has 0 saturated carbocycles. The van der Waals surface area contributed by atoms with E-state index in [0.29, 0.717) is 50.4 Å². The number of amides is 3. The number of unbranched alkanes of at least 4 members (excludes halogenated alkanes) is 1. The topological polar surface area (TPSA) is 125 Å². The molecule has 0 fully saturated rings. The highest BCUT2D eigenvalue weighted by Crippen LogP contribution is 2.26. The summed E-state index contributed by atoms with van der Waals surface area (Å²) in [5.74, 6) is -0.400. The Labute approximate surface area is 256 Å². The Morgan fingerprint density at radius 2 is 1.63 bits per heavy atom. The quantitative estimate of drug-likeness (QED) is 0.140. The predicted molar refractivity (Wildman–Crippen MR) is 168 cm³/mol. The molecule has 0 spiro atoms. The van der Waals surface area contributed by atoms with Crippen LogP contribution in [0.15, 0.2) is 35.5 Å². The lowest BCUT2D eigenvalue weighted by Gasteiger charge is -2.21. The number of anilines is 1. The Morgan fingerprint density at radius 1 is 0.930 bits per heavy atom. The fraction of sp³-hybridized carbons (Fsp3) is 0.606. The van der Waals surface area contributed by atoms with Crippen LogP contribution in [-0.4, -0.2) is 81.6 Å². The minimum atomic E-state index is -0.344. The van der Waals surface area contributed by atoms with Gasteiger partial charge in [-0.1, -0.05) is 13.3 Å². The van der Waals surface area contributed by atoms with Gasteiger partial charge in [-0.25, -0.2) is 0 Å². The second kappa shape index (κ2) is 18.9. The highest BCUT2D eigenvalue weighted by atomic mass is 16.5. The average Bonchev–Trinajstić information content (AvgIpc) is 3.01. The van der Waals surface area contributed by atoms with Crippen LogP contribution in [-0.2, 0) is 23.9 Å². The number of hydrogen-bond acceptors (Lipinski definition) is 7. The van der Waals surface area contributed by atoms with Gasteiger partial charge in [-0.2, -0.15) is 0 Å². The number of rotatable bonds is 19. The molecule has 2 rings (SSSR count). The number of hydrogen-bond donors (Lipinski definition) is 2. The Balaban J connectivity index is 1.64. The number of benzene rings is 1. The van der Waals surface area contributed by atoms with E-state index in [1.54, 1.807) is 45.3 Å². The number of nitrogens with zero attached hydrogens (tertiary/aromatic N) is 2. The molecule has 1 aliphatic rings. The molecular formula is C33H50N4O6. The maximum Gasteiger partial charge on any atom is 0.236 e. The number of Topliss-reactive ketones (excluding diaryl/α,β-unsaturated/α-hetero) is 2. The van der Waals surface area contributed by atoms with Crippen molar-refractivity contribution in [1.29, 1.82) is 0 Å². The molecule has 0 aromatic heterocycles. The van der Waals surface area contributed by atoms with E-state index in [1.807, 2.05) is 14.0 Å². The third kappa shape index (κ3) is 12.3. The Morgan fingerprint density at radius 3 is 2.30 bits per heavy atom. The Kier molecular flexibility index (Phi) is 15.7. The van der Waals surface area contributed by atoms with Crippen LogP contribution in [0, 0.1) is 5.92 Å². The molecule has 1 aliphatic carbocycles. The molecule has 0 bridgehead atoms. The lowest BCUT2D eigenvalue weighted by Crippen LogP contribution is -2.36. The van der Waals surface area contributed by atoms with E-state index in [0.717, 1.165) is 56.2 Å². The van der Waals surface area contributed by atoms with Gasteiger partial charge in [0.05, 0.1) is 6.61 Å². The summed E-state index contributed by atoms with van der Waals surface area (Å²) in [6.07, 6.45) is 6.98. The van der Waals surface area contributed by atoms with Crippen LogP contribution in [0.1, 0.15) is 88.4 Å². The van der Waals surface area contributed by atoms with Crippen LogP contribution >= 0.6 is 0 Å². The van der Waals surface area contributed by atoms with Crippen LogP contribution in [0.3, 0.4) is 0 Å². The summed E-state index contributed by atoms with van der Waals surface area (Å²) < 4.78 is 5.57. The van der Waals surface area contributed by atoms with Crippen LogP contribution in [0.2, 0.25) is 0 Å². The molecule has 1 atom stereocenters. The zero-order valence-corrected chi connectivity index (χ0v) is 26.6. The largest absolute Gasteiger partial charge is 0.391 e. The average molecular weight is 599 g/mol. The van der Waals surface area contributed by atoms with Crippen LogP contribution in [0.5, 0.6) is 0 Å². The molecule has 3 amide bonds. The van der Waals surface area contributed by atoms with Crippen molar-refractivity contribution in [2.45, 2.75) is 78.1 Å². The molecule has 0 heterocycles. The van der Waals surface area contributed by atoms with E-state index in [9.17, 15) is 24.0 Å². The first-order chi connectivity index (χ1) is 20.5. The normalized spacial score (nSPS) is 13.7. The van der Waals surface area contributed by atoms with E-state index in [4.69, 9.17) is 4.74 Å². The number of nitrogens with one attached hydrogen (secondary N) is 2. The first kappa shape index (κ1) is 35.7. The summed E-state index contributed by atoms with van der Waals surface area (Å²) >= 11 is 0. The highest BCUT2D eigenvalue weighted by Gasteiger charge is 2.21. The van der Waals surface area contributed by atoms with Crippen LogP contribution < -0.4 is 15.5 Å². The second-order valence-electron chi connectivity index (χ2n) is 11.3. The van der Waals surface area contributed by atoms with E-state index in [-0.39, 0.29) is 41.6 Å². The van der Waals surface area contributed by atoms with E-state index < -0.39 is 0 Å². The van der Waals surface area contributed by atoms with Gasteiger partial charge in [0.25, 0.3) is 0 Å². The van der Waals surface area contributed by atoms with Crippen molar-refractivity contribution < 1.29 is 28.7 Å². The first-order valence-electron chi connectivity index (χ1n) is 15.4. The third-order valence-electron chi connectivity index (χ3n) is 8.01. The van der Waals surface area contributed by atoms with Crippen molar-refractivity contribution in [1.82, 2.24) is 15.5 Å². The molecule has 1 aromatic carbocycles. The molecule has 0 radical (unpaired) electrons. The first-order valence-corrected chi connectivity index (χ1v) is 15.4. The van der Waals surface area contributed by atoms with Crippen molar-refractivity contribution >= 4 is 35.0 Å². The van der Waals surface area contributed by atoms with Gasteiger partial charge in [0.15, 0.2) is 5.78 Å². The maximum absolute atomic E-state index is 13.0. The minimum Gasteiger partial charge on any atom is -0.391 e. The fourth-order valence-electron chi connectivity index (χ4n) is 4.83. The van der Waals surface area contributed by atoms with Crippen molar-refractivity contribution in [2.75, 3.05) is 52.3 Å². The SMILES string of the molecule is CNC1=C(C(=O)c2ccc(N(C)C(=O)CC(=O)N(C)CCOCCCC(=O)NCCCCC(C)C(C)=O)cc2)CCCC1. The zero-order chi connectivity index (χ0) is 31.8. The van der Waals surface area contributed by atoms with E-state index in [1.165, 1.54) is 9.80 Å². The number of carbonyl (C=O) groups excluding carboxylic acids is 5. The summed E-state index contributed by atoms with van der Waals surface area (Å²) in [6.45, 7) is 5.18. The number of likely N-dealkylation sites (N-methyl/N-ethyl adjacent to an activating group) is 1. The van der Waals surface area contributed by atoms with E-state index in [2.05, 4.69) is 10.6 Å². The number of ether oxygens (including phenoxy) is 1. The van der Waals surface area contributed by atoms with Crippen molar-refractivity contribution in [3.8, 4) is 0 Å². The zero-order valence-electron chi connectivity index (χ0n) is 26.6.